The number of aliphatic imine (C=N–C) groups is 1. The molecule has 4 amide bonds. The van der Waals surface area contributed by atoms with Gasteiger partial charge in [0.25, 0.3) is 5.91 Å². The van der Waals surface area contributed by atoms with Gasteiger partial charge in [0.05, 0.1) is 18.9 Å². The summed E-state index contributed by atoms with van der Waals surface area (Å²) in [4.78, 5) is 59.0. The molecule has 0 bridgehead atoms. The molecule has 13 heteroatoms. The fraction of sp³-hybridized carbons (Fsp3) is 0.460. The lowest BCUT2D eigenvalue weighted by Gasteiger charge is -2.39. The van der Waals surface area contributed by atoms with E-state index in [0.717, 1.165) is 39.1 Å². The van der Waals surface area contributed by atoms with Crippen LogP contribution in [-0.2, 0) is 32.0 Å². The molecule has 4 aromatic rings. The standard InChI is InChI=1S/C50H67N7O6/c1-33(2)25-44(50(63)53-24-10-9-19-40(51)31-58)55-48(61)29-46(59)45(26-34(3)4)57(30-41(54-32-57)22-23-47(52)60)56-49(62)39(27-37-17-11-15-35-13-5-7-20-42(35)37)28-38-18-12-16-36-14-6-8-21-43(36)38/h5-8,11-18,20-21,30,32-34,39-40,44-46,58-59H,9-10,19,22-29,31,51H2,1-4H3,(H4-,52,53,55,56,60,61,62,63)/p+1. The summed E-state index contributed by atoms with van der Waals surface area (Å²) in [5.41, 5.74) is 17.2. The highest BCUT2D eigenvalue weighted by Gasteiger charge is 2.46. The van der Waals surface area contributed by atoms with Crippen LogP contribution < -0.4 is 27.5 Å². The Kier molecular flexibility index (Phi) is 17.9. The number of nitrogens with one attached hydrogen (secondary N) is 3. The Hall–Kier alpha value is -5.47. The van der Waals surface area contributed by atoms with Crippen LogP contribution in [0.15, 0.2) is 102 Å². The van der Waals surface area contributed by atoms with E-state index in [1.807, 2.05) is 64.1 Å². The van der Waals surface area contributed by atoms with Gasteiger partial charge in [0.15, 0.2) is 0 Å². The first-order valence-electron chi connectivity index (χ1n) is 22.5. The number of carbonyl (C=O) groups is 4. The van der Waals surface area contributed by atoms with Crippen molar-refractivity contribution in [3.63, 3.8) is 0 Å². The molecule has 1 aliphatic rings. The number of aliphatic hydroxyl groups excluding tert-OH is 2. The number of unbranched alkanes of at least 4 members (excludes halogenated alkanes) is 1. The Bertz CT molecular complexity index is 2150. The number of nitrogens with zero attached hydrogens (tertiary/aromatic N) is 2. The summed E-state index contributed by atoms with van der Waals surface area (Å²) in [7, 11) is 0. The number of aliphatic hydroxyl groups is 2. The molecule has 0 saturated heterocycles. The highest BCUT2D eigenvalue weighted by Crippen LogP contribution is 2.31. The summed E-state index contributed by atoms with van der Waals surface area (Å²) >= 11 is 0. The lowest BCUT2D eigenvalue weighted by Crippen LogP contribution is -2.65. The van der Waals surface area contributed by atoms with E-state index in [4.69, 9.17) is 11.5 Å². The molecule has 1 aliphatic heterocycles. The number of allylic oxidation sites excluding steroid dienone is 1. The van der Waals surface area contributed by atoms with Gasteiger partial charge in [0.2, 0.25) is 24.1 Å². The summed E-state index contributed by atoms with van der Waals surface area (Å²) in [6, 6.07) is 26.6. The molecule has 4 aromatic carbocycles. The zero-order valence-corrected chi connectivity index (χ0v) is 37.3. The maximum absolute atomic E-state index is 15.2. The van der Waals surface area contributed by atoms with Crippen LogP contribution in [0.1, 0.15) is 90.2 Å². The molecule has 9 N–H and O–H groups in total. The number of benzene rings is 4. The molecule has 5 rings (SSSR count). The highest BCUT2D eigenvalue weighted by atomic mass is 16.3. The molecule has 1 heterocycles. The molecule has 0 radical (unpaired) electrons. The van der Waals surface area contributed by atoms with Crippen molar-refractivity contribution in [2.24, 2.45) is 34.2 Å². The number of primary amides is 1. The van der Waals surface area contributed by atoms with Gasteiger partial charge < -0.3 is 32.3 Å². The van der Waals surface area contributed by atoms with Crippen molar-refractivity contribution >= 4 is 51.5 Å². The van der Waals surface area contributed by atoms with Crippen LogP contribution in [0.25, 0.3) is 21.5 Å². The zero-order chi connectivity index (χ0) is 45.5. The second-order valence-electron chi connectivity index (χ2n) is 18.0. The summed E-state index contributed by atoms with van der Waals surface area (Å²) in [5, 5.41) is 31.5. The van der Waals surface area contributed by atoms with E-state index in [-0.39, 0.29) is 60.2 Å². The van der Waals surface area contributed by atoms with Gasteiger partial charge in [-0.15, -0.1) is 4.59 Å². The lowest BCUT2D eigenvalue weighted by atomic mass is 9.88. The second kappa shape index (κ2) is 23.3. The van der Waals surface area contributed by atoms with Gasteiger partial charge in [-0.2, -0.15) is 5.43 Å². The van der Waals surface area contributed by atoms with Gasteiger partial charge in [-0.3, -0.25) is 19.2 Å². The molecule has 5 atom stereocenters. The Morgan fingerprint density at radius 2 is 1.37 bits per heavy atom. The van der Waals surface area contributed by atoms with E-state index >= 15 is 4.79 Å². The van der Waals surface area contributed by atoms with Crippen LogP contribution in [0.2, 0.25) is 0 Å². The van der Waals surface area contributed by atoms with Crippen LogP contribution in [0.5, 0.6) is 0 Å². The average Bonchev–Trinajstić information content (AvgIpc) is 3.67. The molecule has 0 spiro atoms. The molecule has 0 aliphatic carbocycles. The van der Waals surface area contributed by atoms with Crippen LogP contribution in [0, 0.1) is 17.8 Å². The lowest BCUT2D eigenvalue weighted by molar-refractivity contribution is -0.850. The quantitative estimate of drug-likeness (QED) is 0.0327. The number of nitrogens with two attached hydrogens (primary N) is 2. The molecule has 63 heavy (non-hydrogen) atoms. The number of quaternary nitrogens is 1. The van der Waals surface area contributed by atoms with E-state index in [0.29, 0.717) is 50.8 Å². The number of fused-ring (bicyclic) bond motifs is 2. The molecule has 13 nitrogen and oxygen atoms in total. The molecule has 338 valence electrons. The maximum atomic E-state index is 15.2. The smallest absolute Gasteiger partial charge is 0.269 e. The SMILES string of the molecule is CC(C)CC(NC(=O)CC(O)C(CC(C)C)[N+]1(NC(=O)C(Cc2cccc3ccccc23)Cc2cccc3ccccc23)C=NC(CCC(N)=O)=C1)C(=O)NCCCCC(N)CO. The molecular formula is C50H68N7O6+. The van der Waals surface area contributed by atoms with Crippen molar-refractivity contribution in [1.82, 2.24) is 16.1 Å². The van der Waals surface area contributed by atoms with Crippen LogP contribution >= 0.6 is 0 Å². The third kappa shape index (κ3) is 14.0. The Labute approximate surface area is 372 Å². The van der Waals surface area contributed by atoms with Crippen LogP contribution in [0.4, 0.5) is 0 Å². The van der Waals surface area contributed by atoms with Crippen molar-refractivity contribution in [3.05, 3.63) is 108 Å². The van der Waals surface area contributed by atoms with E-state index < -0.39 is 35.9 Å². The topological polar surface area (TPSA) is 209 Å². The minimum Gasteiger partial charge on any atom is -0.395 e. The van der Waals surface area contributed by atoms with E-state index in [9.17, 15) is 24.6 Å². The predicted molar refractivity (Wildman–Crippen MR) is 249 cm³/mol. The third-order valence-electron chi connectivity index (χ3n) is 11.8. The fourth-order valence-electron chi connectivity index (χ4n) is 8.54. The van der Waals surface area contributed by atoms with E-state index in [1.165, 1.54) is 0 Å². The molecule has 0 saturated carbocycles. The maximum Gasteiger partial charge on any atom is 0.269 e. The summed E-state index contributed by atoms with van der Waals surface area (Å²) in [6.07, 6.45) is 5.61. The minimum atomic E-state index is -1.29. The largest absolute Gasteiger partial charge is 0.395 e. The van der Waals surface area contributed by atoms with Crippen molar-refractivity contribution < 1.29 is 34.0 Å². The van der Waals surface area contributed by atoms with E-state index in [2.05, 4.69) is 69.6 Å². The number of hydrogen-bond donors (Lipinski definition) is 7. The van der Waals surface area contributed by atoms with Gasteiger partial charge in [-0.05, 0) is 76.6 Å². The van der Waals surface area contributed by atoms with Gasteiger partial charge in [0, 0.05) is 31.8 Å². The van der Waals surface area contributed by atoms with Crippen LogP contribution in [0.3, 0.4) is 0 Å². The van der Waals surface area contributed by atoms with Crippen molar-refractivity contribution in [3.8, 4) is 0 Å². The fourth-order valence-corrected chi connectivity index (χ4v) is 8.54. The second-order valence-corrected chi connectivity index (χ2v) is 18.0. The minimum absolute atomic E-state index is 0.0182. The molecule has 0 aromatic heterocycles. The van der Waals surface area contributed by atoms with Gasteiger partial charge in [-0.1, -0.05) is 119 Å². The summed E-state index contributed by atoms with van der Waals surface area (Å²) < 4.78 is -0.378. The summed E-state index contributed by atoms with van der Waals surface area (Å²) in [6.45, 7) is 8.25. The van der Waals surface area contributed by atoms with Gasteiger partial charge in [0.1, 0.15) is 30.1 Å². The monoisotopic (exact) mass is 863 g/mol. The average molecular weight is 863 g/mol. The zero-order valence-electron chi connectivity index (χ0n) is 37.3. The van der Waals surface area contributed by atoms with Crippen molar-refractivity contribution in [1.29, 1.82) is 0 Å². The highest BCUT2D eigenvalue weighted by molar-refractivity contribution is 5.89. The first-order chi connectivity index (χ1) is 30.2. The summed E-state index contributed by atoms with van der Waals surface area (Å²) in [5.74, 6) is -2.05. The number of carbonyl (C=O) groups excluding carboxylic acids is 4. The first-order valence-corrected chi connectivity index (χ1v) is 22.5. The van der Waals surface area contributed by atoms with Crippen molar-refractivity contribution in [2.75, 3.05) is 13.2 Å². The van der Waals surface area contributed by atoms with Crippen molar-refractivity contribution in [2.45, 2.75) is 116 Å². The molecular weight excluding hydrogens is 795 g/mol. The number of amides is 4. The number of hydrogen-bond acceptors (Lipinski definition) is 8. The Morgan fingerprint density at radius 1 is 0.778 bits per heavy atom. The predicted octanol–water partition coefficient (Wildman–Crippen LogP) is 5.69. The number of rotatable bonds is 25. The first kappa shape index (κ1) is 48.6. The molecule has 5 unspecified atom stereocenters. The molecule has 0 fully saturated rings. The Morgan fingerprint density at radius 3 is 1.94 bits per heavy atom. The Balaban J connectivity index is 1.45. The third-order valence-corrected chi connectivity index (χ3v) is 11.8. The van der Waals surface area contributed by atoms with Gasteiger partial charge >= 0.3 is 0 Å². The van der Waals surface area contributed by atoms with Crippen LogP contribution in [-0.4, -0.2) is 82.2 Å². The normalized spacial score (nSPS) is 16.9. The van der Waals surface area contributed by atoms with E-state index in [1.54, 1.807) is 12.5 Å². The van der Waals surface area contributed by atoms with Gasteiger partial charge in [-0.25, -0.2) is 4.99 Å².